The van der Waals surface area contributed by atoms with Crippen molar-refractivity contribution in [2.75, 3.05) is 0 Å². The normalized spacial score (nSPS) is 24.1. The Balaban J connectivity index is 0.000000147. The number of fused-ring (bicyclic) bond motifs is 6. The van der Waals surface area contributed by atoms with E-state index in [1.807, 2.05) is 19.9 Å². The van der Waals surface area contributed by atoms with Gasteiger partial charge in [0.05, 0.1) is 0 Å². The zero-order valence-electron chi connectivity index (χ0n) is 51.6. The quantitative estimate of drug-likeness (QED) is 0.110. The number of nitrogens with zero attached hydrogens (tertiary/aromatic N) is 1. The molecule has 0 amide bonds. The summed E-state index contributed by atoms with van der Waals surface area (Å²) in [6, 6.07) is 18.4. The predicted octanol–water partition coefficient (Wildman–Crippen LogP) is 18.3. The summed E-state index contributed by atoms with van der Waals surface area (Å²) in [5.41, 5.74) is 7.44. The number of rotatable bonds is 0. The largest absolute Gasteiger partial charge is 0.207 e. The number of aryl methyl sites for hydroxylation is 3. The SMILES string of the molecule is CC1CCc2c(cc(F)c(F)c2F)C1.CC1CCc2c(ccc(F)c2F)C1.CC1CCc2cc(F)c(F)cc2C1.CC1CCc2cc(F)ccc2C1.[2H]C1([2H])CC(C)Cc2cc(F)c(C#N)c(F)c21.[2H]C1([2H])Cc2cc(F)ccc2C([2H])([2H])C1C. The van der Waals surface area contributed by atoms with Crippen molar-refractivity contribution in [2.45, 2.75) is 157 Å². The molecule has 6 aromatic carbocycles. The summed E-state index contributed by atoms with van der Waals surface area (Å²) in [5.74, 6) is -7.00. The number of nitriles is 1. The third kappa shape index (κ3) is 15.9. The standard InChI is InChI=1S/C12H11F2N.C11H11F3.2C11H12F2.2C11H13F/c1-7-2-3-9-8(4-7)5-11(13)10(6-15)12(9)14;1-6-2-3-8-7(4-6)5-9(12)11(14)10(8)13;1-7-2-4-9-8(6-7)3-5-10(12)11(9)13;1-7-2-3-8-5-10(12)11(13)6-9(8)4-7;2*1-8-2-3-10-7-11(12)5-4-9(10)6-8/h5,7H,2-4H2,1H3;5-6H,2-4H2,1H3;3,5,7H,2,4,6H2,1H3;5-7H,2-4H2,1H3;2*4-5,7-8H,2-3,6H2,1H3/i3D2;;;;2D2,6D2;. The maximum absolute atomic E-state index is 13.9. The van der Waals surface area contributed by atoms with Crippen LogP contribution in [0.2, 0.25) is 0 Å². The van der Waals surface area contributed by atoms with Gasteiger partial charge in [-0.05, 0) is 272 Å². The van der Waals surface area contributed by atoms with E-state index in [2.05, 4.69) is 20.8 Å². The maximum atomic E-state index is 13.9. The molecule has 0 spiro atoms. The first-order valence-corrected chi connectivity index (χ1v) is 27.4. The molecule has 6 aromatic rings. The Kier molecular flexibility index (Phi) is 18.2. The van der Waals surface area contributed by atoms with Gasteiger partial charge in [-0.25, -0.2) is 48.3 Å². The van der Waals surface area contributed by atoms with Crippen molar-refractivity contribution in [3.05, 3.63) is 209 Å². The molecular formula is C67H72F11N. The molecule has 0 fully saturated rings. The van der Waals surface area contributed by atoms with Crippen LogP contribution in [0.25, 0.3) is 0 Å². The van der Waals surface area contributed by atoms with Crippen molar-refractivity contribution in [3.63, 3.8) is 0 Å². The molecule has 0 heterocycles. The summed E-state index contributed by atoms with van der Waals surface area (Å²) in [7, 11) is 0. The minimum Gasteiger partial charge on any atom is -0.207 e. The smallest absolute Gasteiger partial charge is 0.194 e. The van der Waals surface area contributed by atoms with Crippen molar-refractivity contribution in [3.8, 4) is 6.07 Å². The van der Waals surface area contributed by atoms with Gasteiger partial charge in [-0.2, -0.15) is 5.26 Å². The highest BCUT2D eigenvalue weighted by Gasteiger charge is 2.26. The van der Waals surface area contributed by atoms with Crippen LogP contribution in [0.15, 0.2) is 72.8 Å². The fourth-order valence-corrected chi connectivity index (χ4v) is 11.0. The van der Waals surface area contributed by atoms with Crippen LogP contribution >= 0.6 is 0 Å². The maximum Gasteiger partial charge on any atom is 0.194 e. The van der Waals surface area contributed by atoms with Crippen LogP contribution in [-0.4, -0.2) is 0 Å². The third-order valence-corrected chi connectivity index (χ3v) is 15.6. The fourth-order valence-electron chi connectivity index (χ4n) is 11.0. The van der Waals surface area contributed by atoms with Crippen LogP contribution < -0.4 is 0 Å². The lowest BCUT2D eigenvalue weighted by molar-refractivity contribution is 0.418. The first kappa shape index (κ1) is 52.4. The molecule has 0 bridgehead atoms. The Morgan fingerprint density at radius 2 is 0.810 bits per heavy atom. The van der Waals surface area contributed by atoms with Gasteiger partial charge >= 0.3 is 0 Å². The topological polar surface area (TPSA) is 23.8 Å². The second-order valence-electron chi connectivity index (χ2n) is 22.4. The molecule has 0 N–H and O–H groups in total. The molecule has 6 unspecified atom stereocenters. The highest BCUT2D eigenvalue weighted by molar-refractivity contribution is 5.43. The first-order valence-electron chi connectivity index (χ1n) is 30.4. The Morgan fingerprint density at radius 1 is 0.367 bits per heavy atom. The van der Waals surface area contributed by atoms with Crippen molar-refractivity contribution in [1.82, 2.24) is 0 Å². The minimum absolute atomic E-state index is 0.0317. The summed E-state index contributed by atoms with van der Waals surface area (Å²) in [4.78, 5) is 0. The van der Waals surface area contributed by atoms with E-state index in [0.29, 0.717) is 76.8 Å². The summed E-state index contributed by atoms with van der Waals surface area (Å²) in [6.45, 7) is 12.0. The van der Waals surface area contributed by atoms with Gasteiger partial charge in [0.1, 0.15) is 34.9 Å². The summed E-state index contributed by atoms with van der Waals surface area (Å²) < 4.78 is 191. The van der Waals surface area contributed by atoms with Crippen LogP contribution in [0.4, 0.5) is 48.3 Å². The molecule has 0 aliphatic heterocycles. The second kappa shape index (κ2) is 27.5. The average molecular weight is 1110 g/mol. The van der Waals surface area contributed by atoms with Gasteiger partial charge < -0.3 is 0 Å². The first-order chi connectivity index (χ1) is 39.8. The summed E-state index contributed by atoms with van der Waals surface area (Å²) >= 11 is 0. The Bertz CT molecular complexity index is 3430. The van der Waals surface area contributed by atoms with Gasteiger partial charge in [0.15, 0.2) is 40.7 Å². The molecule has 6 aliphatic rings. The average Bonchev–Trinajstić information content (AvgIpc) is 1.37. The molecule has 1 nitrogen and oxygen atoms in total. The van der Waals surface area contributed by atoms with Gasteiger partial charge in [-0.1, -0.05) is 59.7 Å². The highest BCUT2D eigenvalue weighted by Crippen LogP contribution is 2.33. The van der Waals surface area contributed by atoms with Gasteiger partial charge in [0.2, 0.25) is 0 Å². The molecular weight excluding hydrogens is 1030 g/mol. The van der Waals surface area contributed by atoms with E-state index in [-0.39, 0.29) is 30.1 Å². The predicted molar refractivity (Wildman–Crippen MR) is 290 cm³/mol. The number of halogens is 11. The van der Waals surface area contributed by atoms with Crippen molar-refractivity contribution < 1.29 is 56.5 Å². The van der Waals surface area contributed by atoms with E-state index in [9.17, 15) is 48.3 Å². The van der Waals surface area contributed by atoms with Crippen LogP contribution in [0.1, 0.15) is 161 Å². The lowest BCUT2D eigenvalue weighted by Gasteiger charge is -2.22. The van der Waals surface area contributed by atoms with E-state index in [1.165, 1.54) is 60.0 Å². The third-order valence-electron chi connectivity index (χ3n) is 15.6. The lowest BCUT2D eigenvalue weighted by atomic mass is 9.84. The van der Waals surface area contributed by atoms with Crippen LogP contribution in [0, 0.1) is 111 Å². The van der Waals surface area contributed by atoms with Crippen molar-refractivity contribution >= 4 is 0 Å². The Morgan fingerprint density at radius 3 is 1.42 bits per heavy atom. The molecule has 12 heteroatoms. The minimum atomic E-state index is -1.84. The van der Waals surface area contributed by atoms with E-state index in [0.717, 1.165) is 86.1 Å². The zero-order valence-corrected chi connectivity index (χ0v) is 45.6. The zero-order chi connectivity index (χ0) is 62.6. The van der Waals surface area contributed by atoms with E-state index in [1.54, 1.807) is 25.1 Å². The Labute approximate surface area is 468 Å². The lowest BCUT2D eigenvalue weighted by Crippen LogP contribution is -2.14. The van der Waals surface area contributed by atoms with Gasteiger partial charge in [0, 0.05) is 8.22 Å². The van der Waals surface area contributed by atoms with E-state index in [4.69, 9.17) is 13.5 Å². The highest BCUT2D eigenvalue weighted by atomic mass is 19.2. The van der Waals surface area contributed by atoms with E-state index >= 15 is 0 Å². The van der Waals surface area contributed by atoms with E-state index < -0.39 is 88.8 Å². The molecule has 0 saturated carbocycles. The van der Waals surface area contributed by atoms with Gasteiger partial charge in [-0.3, -0.25) is 0 Å². The monoisotopic (exact) mass is 1110 g/mol. The van der Waals surface area contributed by atoms with Gasteiger partial charge in [0.25, 0.3) is 0 Å². The van der Waals surface area contributed by atoms with Crippen LogP contribution in [-0.2, 0) is 77.0 Å². The van der Waals surface area contributed by atoms with Crippen molar-refractivity contribution in [2.24, 2.45) is 35.5 Å². The van der Waals surface area contributed by atoms with Gasteiger partial charge in [-0.15, -0.1) is 0 Å². The summed E-state index contributed by atoms with van der Waals surface area (Å²) in [6.07, 6.45) is 6.23. The molecule has 0 radical (unpaired) electrons. The number of benzene rings is 6. The molecule has 6 atom stereocenters. The molecule has 422 valence electrons. The fraction of sp³-hybridized carbons (Fsp3) is 0.448. The summed E-state index contributed by atoms with van der Waals surface area (Å²) in [5, 5.41) is 8.67. The Hall–Kier alpha value is -5.96. The second-order valence-corrected chi connectivity index (χ2v) is 22.4. The molecule has 79 heavy (non-hydrogen) atoms. The van der Waals surface area contributed by atoms with Crippen LogP contribution in [0.5, 0.6) is 0 Å². The van der Waals surface area contributed by atoms with Crippen molar-refractivity contribution in [1.29, 1.82) is 5.26 Å². The number of hydrogen-bond acceptors (Lipinski definition) is 1. The number of hydrogen-bond donors (Lipinski definition) is 0. The molecule has 0 saturated heterocycles. The van der Waals surface area contributed by atoms with Crippen LogP contribution in [0.3, 0.4) is 0 Å². The molecule has 12 rings (SSSR count). The molecule has 0 aromatic heterocycles. The molecule has 6 aliphatic carbocycles.